The molecule has 0 saturated heterocycles. The molecular weight excluding hydrogens is 262 g/mol. The highest BCUT2D eigenvalue weighted by molar-refractivity contribution is 5.20. The molecule has 0 aliphatic rings. The Kier molecular flexibility index (Phi) is 6.78. The number of aliphatic hydroxyl groups excluding tert-OH is 1. The van der Waals surface area contributed by atoms with Crippen LogP contribution in [-0.4, -0.2) is 30.9 Å². The van der Waals surface area contributed by atoms with E-state index in [0.717, 1.165) is 25.1 Å². The van der Waals surface area contributed by atoms with Gasteiger partial charge in [0.05, 0.1) is 6.10 Å². The van der Waals surface area contributed by atoms with Crippen molar-refractivity contribution < 1.29 is 9.84 Å². The minimum Gasteiger partial charge on any atom is -0.492 e. The fraction of sp³-hybridized carbons (Fsp3) is 0.333. The van der Waals surface area contributed by atoms with Gasteiger partial charge in [0.2, 0.25) is 0 Å². The fourth-order valence-corrected chi connectivity index (χ4v) is 2.11. The number of ether oxygens (including phenoxy) is 1. The molecule has 2 aromatic carbocycles. The second-order valence-electron chi connectivity index (χ2n) is 5.04. The summed E-state index contributed by atoms with van der Waals surface area (Å²) >= 11 is 0. The lowest BCUT2D eigenvalue weighted by Gasteiger charge is -2.12. The van der Waals surface area contributed by atoms with Crippen molar-refractivity contribution in [2.75, 3.05) is 19.7 Å². The Bertz CT molecular complexity index is 487. The Labute approximate surface area is 126 Å². The Hall–Kier alpha value is -1.84. The molecule has 0 fully saturated rings. The summed E-state index contributed by atoms with van der Waals surface area (Å²) in [6, 6.07) is 20.0. The maximum atomic E-state index is 9.92. The van der Waals surface area contributed by atoms with Crippen LogP contribution in [0.4, 0.5) is 0 Å². The highest BCUT2D eigenvalue weighted by Gasteiger charge is 2.04. The topological polar surface area (TPSA) is 41.5 Å². The molecule has 0 heterocycles. The highest BCUT2D eigenvalue weighted by atomic mass is 16.5. The minimum absolute atomic E-state index is 0.318. The van der Waals surface area contributed by atoms with Gasteiger partial charge in [-0.25, -0.2) is 0 Å². The number of rotatable bonds is 9. The number of aliphatic hydroxyl groups is 1. The maximum Gasteiger partial charge on any atom is 0.119 e. The van der Waals surface area contributed by atoms with Crippen molar-refractivity contribution >= 4 is 0 Å². The van der Waals surface area contributed by atoms with Gasteiger partial charge < -0.3 is 15.2 Å². The average molecular weight is 285 g/mol. The van der Waals surface area contributed by atoms with E-state index < -0.39 is 0 Å². The fourth-order valence-electron chi connectivity index (χ4n) is 2.11. The lowest BCUT2D eigenvalue weighted by molar-refractivity contribution is 0.159. The first-order valence-corrected chi connectivity index (χ1v) is 7.45. The first kappa shape index (κ1) is 15.5. The third-order valence-corrected chi connectivity index (χ3v) is 3.28. The van der Waals surface area contributed by atoms with Gasteiger partial charge in [-0.1, -0.05) is 48.5 Å². The summed E-state index contributed by atoms with van der Waals surface area (Å²) in [6.07, 6.45) is 1.36. The molecule has 3 nitrogen and oxygen atoms in total. The third-order valence-electron chi connectivity index (χ3n) is 3.28. The Morgan fingerprint density at radius 2 is 1.62 bits per heavy atom. The SMILES string of the molecule is O[C@H](CCc1ccccc1)CNCCOc1ccccc1. The summed E-state index contributed by atoms with van der Waals surface area (Å²) in [6.45, 7) is 1.94. The van der Waals surface area contributed by atoms with Crippen molar-refractivity contribution in [3.63, 3.8) is 0 Å². The van der Waals surface area contributed by atoms with Crippen molar-refractivity contribution in [1.82, 2.24) is 5.32 Å². The van der Waals surface area contributed by atoms with E-state index in [9.17, 15) is 5.11 Å². The van der Waals surface area contributed by atoms with Crippen LogP contribution in [0.1, 0.15) is 12.0 Å². The van der Waals surface area contributed by atoms with Crippen molar-refractivity contribution in [1.29, 1.82) is 0 Å². The van der Waals surface area contributed by atoms with Crippen LogP contribution < -0.4 is 10.1 Å². The molecule has 21 heavy (non-hydrogen) atoms. The number of nitrogens with one attached hydrogen (secondary N) is 1. The quantitative estimate of drug-likeness (QED) is 0.696. The smallest absolute Gasteiger partial charge is 0.119 e. The molecule has 0 aliphatic carbocycles. The molecular formula is C18H23NO2. The molecule has 0 amide bonds. The summed E-state index contributed by atoms with van der Waals surface area (Å²) in [5.74, 6) is 0.879. The summed E-state index contributed by atoms with van der Waals surface area (Å²) in [5, 5.41) is 13.1. The zero-order chi connectivity index (χ0) is 14.8. The van der Waals surface area contributed by atoms with Gasteiger partial charge >= 0.3 is 0 Å². The zero-order valence-corrected chi connectivity index (χ0v) is 12.2. The number of hydrogen-bond donors (Lipinski definition) is 2. The van der Waals surface area contributed by atoms with Crippen molar-refractivity contribution in [3.05, 3.63) is 66.2 Å². The molecule has 112 valence electrons. The van der Waals surface area contributed by atoms with Crippen molar-refractivity contribution in [2.24, 2.45) is 0 Å². The minimum atomic E-state index is -0.318. The van der Waals surface area contributed by atoms with E-state index in [1.54, 1.807) is 0 Å². The van der Waals surface area contributed by atoms with E-state index >= 15 is 0 Å². The van der Waals surface area contributed by atoms with E-state index in [4.69, 9.17) is 4.74 Å². The Balaban J connectivity index is 1.52. The van der Waals surface area contributed by atoms with E-state index in [0.29, 0.717) is 13.2 Å². The molecule has 2 rings (SSSR count). The Morgan fingerprint density at radius 3 is 2.33 bits per heavy atom. The lowest BCUT2D eigenvalue weighted by Crippen LogP contribution is -2.30. The molecule has 1 atom stereocenters. The van der Waals surface area contributed by atoms with Crippen LogP contribution in [0.15, 0.2) is 60.7 Å². The molecule has 3 heteroatoms. The molecule has 2 N–H and O–H groups in total. The normalized spacial score (nSPS) is 12.0. The highest BCUT2D eigenvalue weighted by Crippen LogP contribution is 2.07. The van der Waals surface area contributed by atoms with Gasteiger partial charge in [0.15, 0.2) is 0 Å². The Morgan fingerprint density at radius 1 is 0.952 bits per heavy atom. The molecule has 0 radical (unpaired) electrons. The monoisotopic (exact) mass is 285 g/mol. The summed E-state index contributed by atoms with van der Waals surface area (Å²) in [4.78, 5) is 0. The van der Waals surface area contributed by atoms with Gasteiger partial charge in [-0.15, -0.1) is 0 Å². The lowest BCUT2D eigenvalue weighted by atomic mass is 10.1. The van der Waals surface area contributed by atoms with Crippen LogP contribution in [0.2, 0.25) is 0 Å². The van der Waals surface area contributed by atoms with E-state index in [1.807, 2.05) is 48.5 Å². The van der Waals surface area contributed by atoms with Gasteiger partial charge in [0.25, 0.3) is 0 Å². The largest absolute Gasteiger partial charge is 0.492 e. The molecule has 2 aromatic rings. The second-order valence-corrected chi connectivity index (χ2v) is 5.04. The summed E-state index contributed by atoms with van der Waals surface area (Å²) in [5.41, 5.74) is 1.27. The number of benzene rings is 2. The van der Waals surface area contributed by atoms with Crippen LogP contribution in [0.5, 0.6) is 5.75 Å². The second kappa shape index (κ2) is 9.16. The number of hydrogen-bond acceptors (Lipinski definition) is 3. The summed E-state index contributed by atoms with van der Waals surface area (Å²) in [7, 11) is 0. The first-order valence-electron chi connectivity index (χ1n) is 7.45. The van der Waals surface area contributed by atoms with Crippen LogP contribution in [0, 0.1) is 0 Å². The molecule has 0 saturated carbocycles. The van der Waals surface area contributed by atoms with Crippen molar-refractivity contribution in [2.45, 2.75) is 18.9 Å². The molecule has 0 spiro atoms. The van der Waals surface area contributed by atoms with Gasteiger partial charge in [-0.2, -0.15) is 0 Å². The van der Waals surface area contributed by atoms with Crippen LogP contribution in [-0.2, 0) is 6.42 Å². The van der Waals surface area contributed by atoms with Gasteiger partial charge in [0.1, 0.15) is 12.4 Å². The first-order chi connectivity index (χ1) is 10.3. The van der Waals surface area contributed by atoms with Crippen LogP contribution >= 0.6 is 0 Å². The van der Waals surface area contributed by atoms with Crippen LogP contribution in [0.25, 0.3) is 0 Å². The predicted molar refractivity (Wildman–Crippen MR) is 85.6 cm³/mol. The maximum absolute atomic E-state index is 9.92. The molecule has 0 aromatic heterocycles. The number of para-hydroxylation sites is 1. The van der Waals surface area contributed by atoms with Gasteiger partial charge in [-0.05, 0) is 30.5 Å². The molecule has 0 aliphatic heterocycles. The summed E-state index contributed by atoms with van der Waals surface area (Å²) < 4.78 is 5.57. The standard InChI is InChI=1S/C18H23NO2/c20-17(12-11-16-7-3-1-4-8-16)15-19-13-14-21-18-9-5-2-6-10-18/h1-10,17,19-20H,11-15H2/t17-/m1/s1. The van der Waals surface area contributed by atoms with Crippen LogP contribution in [0.3, 0.4) is 0 Å². The van der Waals surface area contributed by atoms with Gasteiger partial charge in [-0.3, -0.25) is 0 Å². The predicted octanol–water partition coefficient (Wildman–Crippen LogP) is 2.65. The third kappa shape index (κ3) is 6.43. The van der Waals surface area contributed by atoms with E-state index in [-0.39, 0.29) is 6.10 Å². The van der Waals surface area contributed by atoms with E-state index in [2.05, 4.69) is 17.4 Å². The molecule has 0 bridgehead atoms. The van der Waals surface area contributed by atoms with E-state index in [1.165, 1.54) is 5.56 Å². The molecule has 0 unspecified atom stereocenters. The van der Waals surface area contributed by atoms with Gasteiger partial charge in [0, 0.05) is 13.1 Å². The average Bonchev–Trinajstić information content (AvgIpc) is 2.54. The van der Waals surface area contributed by atoms with Crippen molar-refractivity contribution in [3.8, 4) is 5.75 Å². The number of aryl methyl sites for hydroxylation is 1. The zero-order valence-electron chi connectivity index (χ0n) is 12.2.